The van der Waals surface area contributed by atoms with E-state index in [4.69, 9.17) is 11.5 Å². The molecule has 0 radical (unpaired) electrons. The highest BCUT2D eigenvalue weighted by molar-refractivity contribution is 9.11. The number of nitrogens with one attached hydrogen (secondary N) is 1. The van der Waals surface area contributed by atoms with Crippen molar-refractivity contribution in [1.82, 2.24) is 5.32 Å². The summed E-state index contributed by atoms with van der Waals surface area (Å²) in [4.78, 5) is 4.34. The number of thioether (sulfide) groups is 1. The molecule has 1 atom stereocenters. The highest BCUT2D eigenvalue weighted by atomic mass is 79.9. The fourth-order valence-electron chi connectivity index (χ4n) is 0.992. The maximum Gasteiger partial charge on any atom is 0.164 e. The van der Waals surface area contributed by atoms with Crippen molar-refractivity contribution in [1.29, 1.82) is 0 Å². The van der Waals surface area contributed by atoms with Gasteiger partial charge in [0.05, 0.1) is 4.48 Å². The summed E-state index contributed by atoms with van der Waals surface area (Å²) < 4.78 is 0.723. The maximum absolute atomic E-state index is 6.03. The zero-order valence-corrected chi connectivity index (χ0v) is 10.00. The Balaban J connectivity index is 3.03. The predicted octanol–water partition coefficient (Wildman–Crippen LogP) is 0.896. The third-order valence-corrected chi connectivity index (χ3v) is 3.59. The number of hydrogen-bond acceptors (Lipinski definition) is 5. The van der Waals surface area contributed by atoms with Gasteiger partial charge in [0.15, 0.2) is 5.17 Å². The van der Waals surface area contributed by atoms with Gasteiger partial charge in [-0.3, -0.25) is 0 Å². The van der Waals surface area contributed by atoms with Crippen molar-refractivity contribution in [2.75, 3.05) is 6.26 Å². The summed E-state index contributed by atoms with van der Waals surface area (Å²) in [5.74, 6) is 0.545. The Morgan fingerprint density at radius 2 is 2.31 bits per heavy atom. The van der Waals surface area contributed by atoms with Crippen LogP contribution in [0.2, 0.25) is 0 Å². The molecule has 13 heavy (non-hydrogen) atoms. The predicted molar refractivity (Wildman–Crippen MR) is 61.4 cm³/mol. The van der Waals surface area contributed by atoms with Crippen LogP contribution >= 0.6 is 27.7 Å². The maximum atomic E-state index is 6.03. The zero-order chi connectivity index (χ0) is 10.1. The van der Waals surface area contributed by atoms with E-state index in [2.05, 4.69) is 26.2 Å². The molecule has 1 unspecified atom stereocenters. The van der Waals surface area contributed by atoms with Gasteiger partial charge >= 0.3 is 0 Å². The minimum Gasteiger partial charge on any atom is -0.384 e. The summed E-state index contributed by atoms with van der Waals surface area (Å²) in [6.45, 7) is 1.97. The SMILES string of the molecule is CCC1(N)N=C(SC)NC(N)=C1Br. The van der Waals surface area contributed by atoms with Gasteiger partial charge < -0.3 is 16.8 Å². The van der Waals surface area contributed by atoms with Gasteiger partial charge in [0.1, 0.15) is 11.5 Å². The van der Waals surface area contributed by atoms with Gasteiger partial charge in [-0.05, 0) is 28.6 Å². The molecule has 0 spiro atoms. The van der Waals surface area contributed by atoms with E-state index in [0.29, 0.717) is 12.2 Å². The lowest BCUT2D eigenvalue weighted by molar-refractivity contribution is 0.516. The van der Waals surface area contributed by atoms with Crippen LogP contribution in [0, 0.1) is 0 Å². The standard InChI is InChI=1S/C7H13BrN4S/c1-3-7(10)4(8)5(9)11-6(12-7)13-2/h3,9-10H2,1-2H3,(H,11,12). The first-order valence-electron chi connectivity index (χ1n) is 3.89. The average molecular weight is 265 g/mol. The summed E-state index contributed by atoms with van der Waals surface area (Å²) in [5.41, 5.74) is 11.1. The van der Waals surface area contributed by atoms with Gasteiger partial charge in [-0.25, -0.2) is 4.99 Å². The molecule has 1 aliphatic heterocycles. The van der Waals surface area contributed by atoms with E-state index >= 15 is 0 Å². The number of halogens is 1. The first-order chi connectivity index (χ1) is 6.03. The molecule has 0 bridgehead atoms. The molecule has 1 rings (SSSR count). The summed E-state index contributed by atoms with van der Waals surface area (Å²) in [5, 5.41) is 3.70. The Bertz CT molecular complexity index is 276. The largest absolute Gasteiger partial charge is 0.384 e. The minimum absolute atomic E-state index is 0.545. The first kappa shape index (κ1) is 10.9. The van der Waals surface area contributed by atoms with Crippen molar-refractivity contribution in [2.24, 2.45) is 16.5 Å². The fraction of sp³-hybridized carbons (Fsp3) is 0.571. The Kier molecular flexibility index (Phi) is 3.26. The van der Waals surface area contributed by atoms with Crippen LogP contribution in [0.5, 0.6) is 0 Å². The van der Waals surface area contributed by atoms with Crippen molar-refractivity contribution in [3.8, 4) is 0 Å². The second kappa shape index (κ2) is 3.89. The first-order valence-corrected chi connectivity index (χ1v) is 5.90. The van der Waals surface area contributed by atoms with E-state index in [-0.39, 0.29) is 0 Å². The highest BCUT2D eigenvalue weighted by Gasteiger charge is 2.32. The Morgan fingerprint density at radius 1 is 1.69 bits per heavy atom. The molecule has 0 fully saturated rings. The molecule has 0 saturated heterocycles. The zero-order valence-electron chi connectivity index (χ0n) is 7.60. The van der Waals surface area contributed by atoms with E-state index in [1.54, 1.807) is 0 Å². The second-order valence-corrected chi connectivity index (χ2v) is 4.34. The van der Waals surface area contributed by atoms with Crippen molar-refractivity contribution < 1.29 is 0 Å². The third-order valence-electron chi connectivity index (χ3n) is 1.89. The van der Waals surface area contributed by atoms with Gasteiger partial charge in [0.2, 0.25) is 0 Å². The minimum atomic E-state index is -0.701. The Labute approximate surface area is 90.3 Å². The van der Waals surface area contributed by atoms with Crippen molar-refractivity contribution in [3.63, 3.8) is 0 Å². The van der Waals surface area contributed by atoms with Crippen molar-refractivity contribution in [3.05, 3.63) is 10.3 Å². The average Bonchev–Trinajstić information content (AvgIpc) is 2.13. The van der Waals surface area contributed by atoms with Gasteiger partial charge in [0, 0.05) is 0 Å². The molecule has 0 aromatic carbocycles. The fourth-order valence-corrected chi connectivity index (χ4v) is 1.93. The molecule has 0 saturated carbocycles. The molecule has 74 valence electrons. The normalized spacial score (nSPS) is 28.5. The van der Waals surface area contributed by atoms with Crippen LogP contribution in [0.15, 0.2) is 15.3 Å². The number of nitrogens with two attached hydrogens (primary N) is 2. The van der Waals surface area contributed by atoms with Crippen LogP contribution in [0.4, 0.5) is 0 Å². The highest BCUT2D eigenvalue weighted by Crippen LogP contribution is 2.29. The van der Waals surface area contributed by atoms with E-state index in [1.165, 1.54) is 11.8 Å². The van der Waals surface area contributed by atoms with Crippen LogP contribution in [0.1, 0.15) is 13.3 Å². The molecule has 0 aromatic heterocycles. The van der Waals surface area contributed by atoms with Gasteiger partial charge in [-0.15, -0.1) is 0 Å². The van der Waals surface area contributed by atoms with Crippen molar-refractivity contribution in [2.45, 2.75) is 19.0 Å². The molecular weight excluding hydrogens is 252 g/mol. The molecular formula is C7H13BrN4S. The lowest BCUT2D eigenvalue weighted by atomic mass is 10.1. The summed E-state index contributed by atoms with van der Waals surface area (Å²) >= 11 is 4.84. The molecule has 6 heteroatoms. The summed E-state index contributed by atoms with van der Waals surface area (Å²) in [6.07, 6.45) is 2.63. The van der Waals surface area contributed by atoms with E-state index < -0.39 is 5.66 Å². The van der Waals surface area contributed by atoms with Crippen molar-refractivity contribution >= 4 is 32.9 Å². The van der Waals surface area contributed by atoms with E-state index in [9.17, 15) is 0 Å². The van der Waals surface area contributed by atoms with Gasteiger partial charge in [-0.2, -0.15) is 0 Å². The second-order valence-electron chi connectivity index (χ2n) is 2.75. The molecule has 0 aliphatic carbocycles. The Hall–Kier alpha value is -0.200. The lowest BCUT2D eigenvalue weighted by Gasteiger charge is -2.30. The molecule has 0 amide bonds. The van der Waals surface area contributed by atoms with Gasteiger partial charge in [0.25, 0.3) is 0 Å². The van der Waals surface area contributed by atoms with E-state index in [1.807, 2.05) is 13.2 Å². The third kappa shape index (κ3) is 2.00. The quantitative estimate of drug-likeness (QED) is 0.658. The molecule has 1 heterocycles. The van der Waals surface area contributed by atoms with Crippen LogP contribution < -0.4 is 16.8 Å². The molecule has 1 aliphatic rings. The smallest absolute Gasteiger partial charge is 0.164 e. The molecule has 4 nitrogen and oxygen atoms in total. The summed E-state index contributed by atoms with van der Waals surface area (Å²) in [6, 6.07) is 0. The molecule has 5 N–H and O–H groups in total. The van der Waals surface area contributed by atoms with Crippen LogP contribution in [0.25, 0.3) is 0 Å². The molecule has 0 aromatic rings. The number of rotatable bonds is 1. The lowest BCUT2D eigenvalue weighted by Crippen LogP contribution is -2.46. The Morgan fingerprint density at radius 3 is 2.77 bits per heavy atom. The number of hydrogen-bond donors (Lipinski definition) is 3. The van der Waals surface area contributed by atoms with Crippen LogP contribution in [-0.2, 0) is 0 Å². The summed E-state index contributed by atoms with van der Waals surface area (Å²) in [7, 11) is 0. The van der Waals surface area contributed by atoms with Crippen LogP contribution in [0.3, 0.4) is 0 Å². The number of nitrogens with zero attached hydrogens (tertiary/aromatic N) is 1. The topological polar surface area (TPSA) is 76.4 Å². The number of aliphatic imine (C=N–C) groups is 1. The van der Waals surface area contributed by atoms with Crippen LogP contribution in [-0.4, -0.2) is 17.1 Å². The number of amidine groups is 1. The monoisotopic (exact) mass is 264 g/mol. The van der Waals surface area contributed by atoms with E-state index in [0.717, 1.165) is 9.65 Å². The van der Waals surface area contributed by atoms with Gasteiger partial charge in [-0.1, -0.05) is 18.7 Å².